The number of nitrogens with one attached hydrogen (secondary N) is 1. The zero-order valence-electron chi connectivity index (χ0n) is 12.8. The Hall–Kier alpha value is -1.22. The summed E-state index contributed by atoms with van der Waals surface area (Å²) < 4.78 is 5.91. The zero-order chi connectivity index (χ0) is 14.1. The third kappa shape index (κ3) is 2.76. The SMILES string of the molecule is c1cc(CN2CCC3CCCCC3C2)c2c(c1)NCCO2. The smallest absolute Gasteiger partial charge is 0.146 e. The van der Waals surface area contributed by atoms with Crippen LogP contribution < -0.4 is 10.1 Å². The fourth-order valence-corrected chi connectivity index (χ4v) is 4.42. The fraction of sp³-hybridized carbons (Fsp3) is 0.667. The molecule has 2 aliphatic heterocycles. The Kier molecular flexibility index (Phi) is 3.76. The molecule has 1 saturated carbocycles. The molecule has 2 heterocycles. The number of hydrogen-bond acceptors (Lipinski definition) is 3. The van der Waals surface area contributed by atoms with E-state index >= 15 is 0 Å². The van der Waals surface area contributed by atoms with Crippen molar-refractivity contribution in [1.29, 1.82) is 0 Å². The number of rotatable bonds is 2. The van der Waals surface area contributed by atoms with Crippen molar-refractivity contribution in [2.75, 3.05) is 31.6 Å². The summed E-state index contributed by atoms with van der Waals surface area (Å²) in [6.07, 6.45) is 7.24. The van der Waals surface area contributed by atoms with Crippen molar-refractivity contribution in [3.8, 4) is 5.75 Å². The maximum atomic E-state index is 5.91. The molecular weight excluding hydrogens is 260 g/mol. The van der Waals surface area contributed by atoms with Crippen molar-refractivity contribution in [3.63, 3.8) is 0 Å². The molecule has 0 bridgehead atoms. The average molecular weight is 286 g/mol. The Bertz CT molecular complexity index is 502. The third-order valence-electron chi connectivity index (χ3n) is 5.53. The van der Waals surface area contributed by atoms with Crippen LogP contribution in [0.2, 0.25) is 0 Å². The van der Waals surface area contributed by atoms with Crippen molar-refractivity contribution in [3.05, 3.63) is 23.8 Å². The van der Waals surface area contributed by atoms with Crippen molar-refractivity contribution in [2.45, 2.75) is 38.6 Å². The number of piperidine rings is 1. The van der Waals surface area contributed by atoms with E-state index in [1.54, 1.807) is 0 Å². The van der Waals surface area contributed by atoms with Gasteiger partial charge in [-0.3, -0.25) is 4.90 Å². The highest BCUT2D eigenvalue weighted by Crippen LogP contribution is 2.38. The number of benzene rings is 1. The molecule has 1 aromatic carbocycles. The summed E-state index contributed by atoms with van der Waals surface area (Å²) in [5.41, 5.74) is 2.53. The Morgan fingerprint density at radius 1 is 1.14 bits per heavy atom. The molecule has 2 unspecified atom stereocenters. The zero-order valence-corrected chi connectivity index (χ0v) is 12.8. The van der Waals surface area contributed by atoms with Crippen molar-refractivity contribution in [1.82, 2.24) is 4.90 Å². The second-order valence-corrected chi connectivity index (χ2v) is 6.90. The molecule has 1 N–H and O–H groups in total. The van der Waals surface area contributed by atoms with Gasteiger partial charge in [0.1, 0.15) is 12.4 Å². The van der Waals surface area contributed by atoms with Crippen LogP contribution in [0.25, 0.3) is 0 Å². The first-order chi connectivity index (χ1) is 10.4. The quantitative estimate of drug-likeness (QED) is 0.900. The van der Waals surface area contributed by atoms with E-state index in [1.165, 1.54) is 56.4 Å². The molecule has 3 heteroatoms. The van der Waals surface area contributed by atoms with Gasteiger partial charge in [0.15, 0.2) is 0 Å². The monoisotopic (exact) mass is 286 g/mol. The largest absolute Gasteiger partial charge is 0.489 e. The van der Waals surface area contributed by atoms with Gasteiger partial charge in [0.25, 0.3) is 0 Å². The van der Waals surface area contributed by atoms with Gasteiger partial charge in [-0.05, 0) is 37.3 Å². The Morgan fingerprint density at radius 3 is 3.00 bits per heavy atom. The van der Waals surface area contributed by atoms with E-state index in [4.69, 9.17) is 4.74 Å². The average Bonchev–Trinajstić information content (AvgIpc) is 2.55. The number of para-hydroxylation sites is 1. The van der Waals surface area contributed by atoms with Gasteiger partial charge in [-0.25, -0.2) is 0 Å². The van der Waals surface area contributed by atoms with Crippen molar-refractivity contribution < 1.29 is 4.74 Å². The first-order valence-corrected chi connectivity index (χ1v) is 8.61. The Labute approximate surface area is 127 Å². The summed E-state index contributed by atoms with van der Waals surface area (Å²) in [7, 11) is 0. The molecule has 0 radical (unpaired) electrons. The molecule has 0 aromatic heterocycles. The molecule has 1 saturated heterocycles. The summed E-state index contributed by atoms with van der Waals surface area (Å²) >= 11 is 0. The summed E-state index contributed by atoms with van der Waals surface area (Å²) in [6, 6.07) is 6.52. The van der Waals surface area contributed by atoms with Gasteiger partial charge in [0.05, 0.1) is 5.69 Å². The van der Waals surface area contributed by atoms with Gasteiger partial charge in [0.2, 0.25) is 0 Å². The van der Waals surface area contributed by atoms with Crippen LogP contribution in [0.4, 0.5) is 5.69 Å². The number of nitrogens with zero attached hydrogens (tertiary/aromatic N) is 1. The Morgan fingerprint density at radius 2 is 2.05 bits per heavy atom. The molecule has 2 atom stereocenters. The number of likely N-dealkylation sites (tertiary alicyclic amines) is 1. The number of anilines is 1. The highest BCUT2D eigenvalue weighted by molar-refractivity contribution is 5.61. The van der Waals surface area contributed by atoms with Crippen LogP contribution in [0.15, 0.2) is 18.2 Å². The van der Waals surface area contributed by atoms with Crippen LogP contribution >= 0.6 is 0 Å². The molecule has 21 heavy (non-hydrogen) atoms. The van der Waals surface area contributed by atoms with Gasteiger partial charge < -0.3 is 10.1 Å². The molecule has 2 fully saturated rings. The van der Waals surface area contributed by atoms with E-state index in [1.807, 2.05) is 0 Å². The van der Waals surface area contributed by atoms with E-state index in [0.717, 1.165) is 37.3 Å². The lowest BCUT2D eigenvalue weighted by atomic mass is 9.75. The predicted octanol–water partition coefficient (Wildman–Crippen LogP) is 3.50. The van der Waals surface area contributed by atoms with Crippen molar-refractivity contribution >= 4 is 5.69 Å². The van der Waals surface area contributed by atoms with Crippen LogP contribution in [-0.2, 0) is 6.54 Å². The summed E-state index contributed by atoms with van der Waals surface area (Å²) in [4.78, 5) is 2.65. The minimum atomic E-state index is 0.786. The first kappa shape index (κ1) is 13.4. The van der Waals surface area contributed by atoms with Gasteiger partial charge in [0, 0.05) is 25.2 Å². The summed E-state index contributed by atoms with van der Waals surface area (Å²) in [5, 5.41) is 3.44. The standard InChI is InChI=1S/C18H26N2O/c1-2-5-15-12-20(10-8-14(15)4-1)13-16-6-3-7-17-18(16)21-11-9-19-17/h3,6-7,14-15,19H,1-2,4-5,8-13H2. The predicted molar refractivity (Wildman–Crippen MR) is 85.8 cm³/mol. The van der Waals surface area contributed by atoms with Crippen molar-refractivity contribution in [2.24, 2.45) is 11.8 Å². The molecule has 0 spiro atoms. The fourth-order valence-electron chi connectivity index (χ4n) is 4.42. The third-order valence-corrected chi connectivity index (χ3v) is 5.53. The highest BCUT2D eigenvalue weighted by Gasteiger charge is 2.31. The maximum absolute atomic E-state index is 5.91. The van der Waals surface area contributed by atoms with Gasteiger partial charge in [-0.1, -0.05) is 31.4 Å². The lowest BCUT2D eigenvalue weighted by molar-refractivity contribution is 0.0813. The van der Waals surface area contributed by atoms with Gasteiger partial charge >= 0.3 is 0 Å². The lowest BCUT2D eigenvalue weighted by Gasteiger charge is -2.41. The lowest BCUT2D eigenvalue weighted by Crippen LogP contribution is -2.41. The first-order valence-electron chi connectivity index (χ1n) is 8.61. The Balaban J connectivity index is 1.46. The van der Waals surface area contributed by atoms with E-state index < -0.39 is 0 Å². The van der Waals surface area contributed by atoms with Crippen LogP contribution in [0.1, 0.15) is 37.7 Å². The number of ether oxygens (including phenoxy) is 1. The molecule has 1 aliphatic carbocycles. The molecule has 3 nitrogen and oxygen atoms in total. The normalized spacial score (nSPS) is 29.0. The minimum absolute atomic E-state index is 0.786. The molecular formula is C18H26N2O. The van der Waals surface area contributed by atoms with Gasteiger partial charge in [-0.2, -0.15) is 0 Å². The van der Waals surface area contributed by atoms with E-state index in [-0.39, 0.29) is 0 Å². The molecule has 114 valence electrons. The second-order valence-electron chi connectivity index (χ2n) is 6.90. The van der Waals surface area contributed by atoms with Crippen LogP contribution in [-0.4, -0.2) is 31.1 Å². The van der Waals surface area contributed by atoms with Crippen LogP contribution in [0, 0.1) is 11.8 Å². The van der Waals surface area contributed by atoms with E-state index in [2.05, 4.69) is 28.4 Å². The van der Waals surface area contributed by atoms with E-state index in [0.29, 0.717) is 0 Å². The molecule has 4 rings (SSSR count). The molecule has 0 amide bonds. The highest BCUT2D eigenvalue weighted by atomic mass is 16.5. The maximum Gasteiger partial charge on any atom is 0.146 e. The molecule has 3 aliphatic rings. The topological polar surface area (TPSA) is 24.5 Å². The molecule has 1 aromatic rings. The summed E-state index contributed by atoms with van der Waals surface area (Å²) in [5.74, 6) is 3.05. The van der Waals surface area contributed by atoms with Crippen LogP contribution in [0.5, 0.6) is 5.75 Å². The number of fused-ring (bicyclic) bond motifs is 2. The van der Waals surface area contributed by atoms with Crippen LogP contribution in [0.3, 0.4) is 0 Å². The van der Waals surface area contributed by atoms with E-state index in [9.17, 15) is 0 Å². The second kappa shape index (κ2) is 5.88. The summed E-state index contributed by atoms with van der Waals surface area (Å²) in [6.45, 7) is 5.31. The minimum Gasteiger partial charge on any atom is -0.489 e. The number of hydrogen-bond donors (Lipinski definition) is 1. The van der Waals surface area contributed by atoms with Gasteiger partial charge in [-0.15, -0.1) is 0 Å².